The molecule has 1 saturated heterocycles. The molecule has 5 rings (SSSR count). The molecule has 1 aliphatic heterocycles. The molecular weight excluding hydrogens is 396 g/mol. The zero-order valence-corrected chi connectivity index (χ0v) is 18.1. The summed E-state index contributed by atoms with van der Waals surface area (Å²) in [6.07, 6.45) is 6.31. The van der Waals surface area contributed by atoms with Crippen molar-refractivity contribution >= 4 is 26.5 Å². The summed E-state index contributed by atoms with van der Waals surface area (Å²) < 4.78 is 26.8. The molecule has 3 aromatic rings. The summed E-state index contributed by atoms with van der Waals surface area (Å²) in [4.78, 5) is 8.78. The highest BCUT2D eigenvalue weighted by atomic mass is 32.2. The van der Waals surface area contributed by atoms with Crippen LogP contribution in [-0.2, 0) is 10.0 Å². The summed E-state index contributed by atoms with van der Waals surface area (Å²) in [5, 5.41) is 5.57. The quantitative estimate of drug-likeness (QED) is 0.675. The van der Waals surface area contributed by atoms with E-state index in [2.05, 4.69) is 39.6 Å². The van der Waals surface area contributed by atoms with Crippen molar-refractivity contribution in [3.63, 3.8) is 0 Å². The highest BCUT2D eigenvalue weighted by molar-refractivity contribution is 7.89. The molecule has 1 aliphatic carbocycles. The van der Waals surface area contributed by atoms with Gasteiger partial charge in [-0.3, -0.25) is 9.97 Å². The van der Waals surface area contributed by atoms with E-state index in [0.29, 0.717) is 13.1 Å². The number of hydrogen-bond acceptors (Lipinski definition) is 5. The van der Waals surface area contributed by atoms with Gasteiger partial charge in [-0.2, -0.15) is 4.31 Å². The second-order valence-electron chi connectivity index (χ2n) is 8.52. The number of hydrogen-bond donors (Lipinski definition) is 1. The molecule has 1 N–H and O–H groups in total. The average molecular weight is 423 g/mol. The number of sulfonamides is 1. The molecule has 0 spiro atoms. The molecule has 0 amide bonds. The van der Waals surface area contributed by atoms with E-state index in [0.717, 1.165) is 58.2 Å². The lowest BCUT2D eigenvalue weighted by atomic mass is 9.99. The van der Waals surface area contributed by atoms with Crippen molar-refractivity contribution in [2.45, 2.75) is 44.4 Å². The van der Waals surface area contributed by atoms with Gasteiger partial charge in [-0.15, -0.1) is 0 Å². The molecule has 2 aromatic heterocycles. The fourth-order valence-corrected chi connectivity index (χ4v) is 6.45. The third-order valence-corrected chi connectivity index (χ3v) is 8.54. The Morgan fingerprint density at radius 2 is 1.73 bits per heavy atom. The van der Waals surface area contributed by atoms with Crippen LogP contribution in [0, 0.1) is 13.8 Å². The first kappa shape index (κ1) is 19.5. The maximum atomic E-state index is 12.6. The lowest BCUT2D eigenvalue weighted by Crippen LogP contribution is -2.59. The number of pyridine rings is 2. The van der Waals surface area contributed by atoms with Crippen molar-refractivity contribution < 1.29 is 8.42 Å². The number of aryl methyl sites for hydroxylation is 2. The van der Waals surface area contributed by atoms with Gasteiger partial charge in [-0.05, 0) is 73.5 Å². The molecule has 156 valence electrons. The Morgan fingerprint density at radius 3 is 2.40 bits per heavy atom. The molecule has 6 nitrogen and oxygen atoms in total. The summed E-state index contributed by atoms with van der Waals surface area (Å²) >= 11 is 0. The molecule has 1 aromatic carbocycles. The Bertz CT molecular complexity index is 1190. The lowest BCUT2D eigenvalue weighted by molar-refractivity contribution is 0.270. The topological polar surface area (TPSA) is 75.2 Å². The minimum Gasteiger partial charge on any atom is -0.379 e. The van der Waals surface area contributed by atoms with E-state index in [1.54, 1.807) is 10.5 Å². The van der Waals surface area contributed by atoms with Crippen LogP contribution in [0.25, 0.3) is 21.9 Å². The van der Waals surface area contributed by atoms with Crippen LogP contribution in [0.1, 0.15) is 30.7 Å². The summed E-state index contributed by atoms with van der Waals surface area (Å²) in [5.41, 5.74) is 5.22. The number of nitrogens with zero attached hydrogens (tertiary/aromatic N) is 3. The van der Waals surface area contributed by atoms with Crippen LogP contribution in [0.5, 0.6) is 0 Å². The van der Waals surface area contributed by atoms with Gasteiger partial charge in [0.15, 0.2) is 0 Å². The minimum atomic E-state index is -3.12. The predicted octanol–water partition coefficient (Wildman–Crippen LogP) is 3.89. The van der Waals surface area contributed by atoms with Crippen molar-refractivity contribution in [3.8, 4) is 11.1 Å². The first-order chi connectivity index (χ1) is 14.4. The first-order valence-corrected chi connectivity index (χ1v) is 12.0. The van der Waals surface area contributed by atoms with Gasteiger partial charge in [-0.1, -0.05) is 6.42 Å². The van der Waals surface area contributed by atoms with Gasteiger partial charge in [0.1, 0.15) is 0 Å². The van der Waals surface area contributed by atoms with E-state index in [1.807, 2.05) is 26.1 Å². The zero-order valence-electron chi connectivity index (χ0n) is 17.3. The second kappa shape index (κ2) is 7.32. The molecule has 1 saturated carbocycles. The van der Waals surface area contributed by atoms with Gasteiger partial charge in [0.25, 0.3) is 0 Å². The molecule has 30 heavy (non-hydrogen) atoms. The van der Waals surface area contributed by atoms with Crippen LogP contribution < -0.4 is 5.32 Å². The Morgan fingerprint density at radius 1 is 1.03 bits per heavy atom. The molecule has 0 atom stereocenters. The number of benzene rings is 1. The normalized spacial score (nSPS) is 18.2. The standard InChI is InChI=1S/C23H26N4O2S/c1-15-8-18(9-16(2)25-15)19-10-17-6-7-24-12-22(17)23(11-19)26-20-13-27(14-20)30(28,29)21-4-3-5-21/h6-12,20-21,26H,3-5,13-14H2,1-2H3. The number of aromatic nitrogens is 2. The average Bonchev–Trinajstić information content (AvgIpc) is 2.61. The van der Waals surface area contributed by atoms with E-state index in [1.165, 1.54) is 0 Å². The Balaban J connectivity index is 1.43. The van der Waals surface area contributed by atoms with Crippen LogP contribution in [-0.4, -0.2) is 47.1 Å². The molecule has 0 radical (unpaired) electrons. The summed E-state index contributed by atoms with van der Waals surface area (Å²) in [7, 11) is -3.12. The summed E-state index contributed by atoms with van der Waals surface area (Å²) in [6.45, 7) is 5.06. The van der Waals surface area contributed by atoms with Gasteiger partial charge < -0.3 is 5.32 Å². The van der Waals surface area contributed by atoms with Crippen LogP contribution in [0.4, 0.5) is 5.69 Å². The van der Waals surface area contributed by atoms with Crippen molar-refractivity contribution in [1.82, 2.24) is 14.3 Å². The Kier molecular flexibility index (Phi) is 4.75. The van der Waals surface area contributed by atoms with Crippen molar-refractivity contribution in [2.24, 2.45) is 0 Å². The highest BCUT2D eigenvalue weighted by Gasteiger charge is 2.42. The maximum absolute atomic E-state index is 12.6. The van der Waals surface area contributed by atoms with Crippen LogP contribution in [0.2, 0.25) is 0 Å². The summed E-state index contributed by atoms with van der Waals surface area (Å²) in [6, 6.07) is 10.6. The number of rotatable bonds is 5. The largest absolute Gasteiger partial charge is 0.379 e. The first-order valence-electron chi connectivity index (χ1n) is 10.5. The molecule has 2 fully saturated rings. The molecule has 2 aliphatic rings. The third-order valence-electron chi connectivity index (χ3n) is 6.21. The van der Waals surface area contributed by atoms with Gasteiger partial charge in [0, 0.05) is 47.9 Å². The molecule has 0 bridgehead atoms. The molecular formula is C23H26N4O2S. The van der Waals surface area contributed by atoms with Crippen LogP contribution in [0.3, 0.4) is 0 Å². The monoisotopic (exact) mass is 422 g/mol. The van der Waals surface area contributed by atoms with Gasteiger partial charge >= 0.3 is 0 Å². The second-order valence-corrected chi connectivity index (χ2v) is 10.7. The lowest BCUT2D eigenvalue weighted by Gasteiger charge is -2.42. The van der Waals surface area contributed by atoms with Gasteiger partial charge in [0.05, 0.1) is 11.3 Å². The van der Waals surface area contributed by atoms with Crippen LogP contribution >= 0.6 is 0 Å². The van der Waals surface area contributed by atoms with Crippen molar-refractivity contribution in [3.05, 3.63) is 54.1 Å². The van der Waals surface area contributed by atoms with Crippen LogP contribution in [0.15, 0.2) is 42.7 Å². The highest BCUT2D eigenvalue weighted by Crippen LogP contribution is 2.34. The van der Waals surface area contributed by atoms with Crippen molar-refractivity contribution in [2.75, 3.05) is 18.4 Å². The van der Waals surface area contributed by atoms with Gasteiger partial charge in [0.2, 0.25) is 10.0 Å². The minimum absolute atomic E-state index is 0.111. The maximum Gasteiger partial charge on any atom is 0.217 e. The fraction of sp³-hybridized carbons (Fsp3) is 0.391. The third kappa shape index (κ3) is 3.46. The smallest absolute Gasteiger partial charge is 0.217 e. The molecule has 3 heterocycles. The van der Waals surface area contributed by atoms with Crippen molar-refractivity contribution in [1.29, 1.82) is 0 Å². The van der Waals surface area contributed by atoms with E-state index in [-0.39, 0.29) is 11.3 Å². The number of fused-ring (bicyclic) bond motifs is 1. The number of anilines is 1. The van der Waals surface area contributed by atoms with E-state index in [4.69, 9.17) is 0 Å². The van der Waals surface area contributed by atoms with Gasteiger partial charge in [-0.25, -0.2) is 8.42 Å². The Labute approximate surface area is 177 Å². The Hall–Kier alpha value is -2.51. The van der Waals surface area contributed by atoms with E-state index < -0.39 is 10.0 Å². The molecule has 7 heteroatoms. The SMILES string of the molecule is Cc1cc(-c2cc(NC3CN(S(=O)(=O)C4CCC4)C3)c3cnccc3c2)cc(C)n1. The fourth-order valence-electron chi connectivity index (χ4n) is 4.32. The number of nitrogens with one attached hydrogen (secondary N) is 1. The van der Waals surface area contributed by atoms with E-state index in [9.17, 15) is 8.42 Å². The predicted molar refractivity (Wildman–Crippen MR) is 120 cm³/mol. The summed E-state index contributed by atoms with van der Waals surface area (Å²) in [5.74, 6) is 0. The zero-order chi connectivity index (χ0) is 20.9. The molecule has 0 unspecified atom stereocenters. The van der Waals surface area contributed by atoms with E-state index >= 15 is 0 Å².